The third kappa shape index (κ3) is 3.70. The maximum Gasteiger partial charge on any atom is 0.101 e. The van der Waals surface area contributed by atoms with Crippen molar-refractivity contribution in [2.75, 3.05) is 19.6 Å². The Labute approximate surface area is 176 Å². The van der Waals surface area contributed by atoms with Gasteiger partial charge in [-0.25, -0.2) is 0 Å². The van der Waals surface area contributed by atoms with E-state index in [1.807, 2.05) is 0 Å². The Bertz CT molecular complexity index is 843. The van der Waals surface area contributed by atoms with Gasteiger partial charge in [0.25, 0.3) is 0 Å². The third-order valence-electron chi connectivity index (χ3n) is 7.40. The Morgan fingerprint density at radius 1 is 1.10 bits per heavy atom. The highest BCUT2D eigenvalue weighted by molar-refractivity contribution is 5.98. The molecular weight excluding hydrogens is 356 g/mol. The number of fused-ring (bicyclic) bond motifs is 1. The molecule has 3 heteroatoms. The van der Waals surface area contributed by atoms with Crippen LogP contribution < -0.4 is 0 Å². The molecule has 4 rings (SSSR count). The van der Waals surface area contributed by atoms with Gasteiger partial charge in [-0.3, -0.25) is 0 Å². The van der Waals surface area contributed by atoms with Crippen molar-refractivity contribution in [3.8, 4) is 0 Å². The lowest BCUT2D eigenvalue weighted by Gasteiger charge is -2.38. The van der Waals surface area contributed by atoms with Crippen molar-refractivity contribution in [1.82, 2.24) is 4.90 Å². The van der Waals surface area contributed by atoms with Gasteiger partial charge in [0.2, 0.25) is 0 Å². The first kappa shape index (κ1) is 20.4. The summed E-state index contributed by atoms with van der Waals surface area (Å²) in [6, 6.07) is 11.0. The molecule has 2 atom stereocenters. The van der Waals surface area contributed by atoms with Crippen LogP contribution in [0.5, 0.6) is 0 Å². The maximum atomic E-state index is 9.17. The Kier molecular flexibility index (Phi) is 5.46. The summed E-state index contributed by atoms with van der Waals surface area (Å²) in [4.78, 5) is 2.60. The molecule has 1 aromatic rings. The summed E-state index contributed by atoms with van der Waals surface area (Å²) in [5.41, 5.74) is 4.98. The lowest BCUT2D eigenvalue weighted by Crippen LogP contribution is -2.43. The molecule has 29 heavy (non-hydrogen) atoms. The highest BCUT2D eigenvalue weighted by Gasteiger charge is 2.49. The molecule has 2 fully saturated rings. The second kappa shape index (κ2) is 7.75. The quantitative estimate of drug-likeness (QED) is 0.667. The monoisotopic (exact) mass is 392 g/mol. The largest absolute Gasteiger partial charge is 0.467 e. The summed E-state index contributed by atoms with van der Waals surface area (Å²) < 4.78 is 6.12. The van der Waals surface area contributed by atoms with E-state index in [0.29, 0.717) is 11.8 Å². The van der Waals surface area contributed by atoms with Crippen LogP contribution in [-0.4, -0.2) is 30.2 Å². The molecule has 1 N–H and O–H groups in total. The molecule has 3 nitrogen and oxygen atoms in total. The SMILES string of the molecule is CC1=C2CC(C)(CN3CCC(c4ccccc4)CC3)C(=N)C2C(C(C)C)=C(C)O1. The number of hydrogen-bond donors (Lipinski definition) is 1. The fourth-order valence-electron chi connectivity index (χ4n) is 5.89. The van der Waals surface area contributed by atoms with Gasteiger partial charge in [-0.05, 0) is 74.7 Å². The molecule has 0 amide bonds. The van der Waals surface area contributed by atoms with Gasteiger partial charge < -0.3 is 15.0 Å². The Hall–Kier alpha value is -1.87. The number of piperidine rings is 1. The average Bonchev–Trinajstić information content (AvgIpc) is 2.95. The molecule has 1 aliphatic carbocycles. The van der Waals surface area contributed by atoms with Gasteiger partial charge in [-0.15, -0.1) is 0 Å². The van der Waals surface area contributed by atoms with Crippen LogP contribution >= 0.6 is 0 Å². The van der Waals surface area contributed by atoms with Crippen LogP contribution in [0, 0.1) is 22.7 Å². The van der Waals surface area contributed by atoms with E-state index < -0.39 is 0 Å². The number of hydrogen-bond acceptors (Lipinski definition) is 3. The maximum absolute atomic E-state index is 9.17. The predicted molar refractivity (Wildman–Crippen MR) is 120 cm³/mol. The van der Waals surface area contributed by atoms with Crippen molar-refractivity contribution in [2.24, 2.45) is 17.3 Å². The number of nitrogens with one attached hydrogen (secondary N) is 1. The molecule has 1 saturated carbocycles. The number of ether oxygens (including phenoxy) is 1. The van der Waals surface area contributed by atoms with Crippen LogP contribution in [0.1, 0.15) is 65.4 Å². The summed E-state index contributed by atoms with van der Waals surface area (Å²) >= 11 is 0. The molecule has 0 aromatic heterocycles. The summed E-state index contributed by atoms with van der Waals surface area (Å²) in [6.07, 6.45) is 3.40. The topological polar surface area (TPSA) is 36.3 Å². The Morgan fingerprint density at radius 3 is 2.38 bits per heavy atom. The van der Waals surface area contributed by atoms with Gasteiger partial charge in [0.15, 0.2) is 0 Å². The van der Waals surface area contributed by atoms with E-state index in [-0.39, 0.29) is 11.3 Å². The summed E-state index contributed by atoms with van der Waals surface area (Å²) in [5.74, 6) is 3.31. The van der Waals surface area contributed by atoms with E-state index in [1.165, 1.54) is 29.6 Å². The third-order valence-corrected chi connectivity index (χ3v) is 7.40. The first-order valence-corrected chi connectivity index (χ1v) is 11.2. The number of benzene rings is 1. The molecular formula is C26H36N2O. The minimum Gasteiger partial charge on any atom is -0.467 e. The van der Waals surface area contributed by atoms with Crippen molar-refractivity contribution in [3.63, 3.8) is 0 Å². The highest BCUT2D eigenvalue weighted by atomic mass is 16.5. The van der Waals surface area contributed by atoms with Crippen LogP contribution in [0.25, 0.3) is 0 Å². The zero-order chi connectivity index (χ0) is 20.8. The van der Waals surface area contributed by atoms with E-state index in [0.717, 1.165) is 43.3 Å². The van der Waals surface area contributed by atoms with Gasteiger partial charge in [-0.1, -0.05) is 51.1 Å². The molecule has 2 heterocycles. The standard InChI is InChI=1S/C26H36N2O/c1-17(2)23-19(4)29-18(3)22-15-26(5,25(27)24(22)23)16-28-13-11-21(12-14-28)20-9-7-6-8-10-20/h6-10,17,21,24,27H,11-16H2,1-5H3. The smallest absolute Gasteiger partial charge is 0.101 e. The summed E-state index contributed by atoms with van der Waals surface area (Å²) in [7, 11) is 0. The molecule has 1 aromatic carbocycles. The average molecular weight is 393 g/mol. The molecule has 0 bridgehead atoms. The van der Waals surface area contributed by atoms with Gasteiger partial charge in [0, 0.05) is 23.6 Å². The zero-order valence-electron chi connectivity index (χ0n) is 18.7. The Balaban J connectivity index is 1.47. The van der Waals surface area contributed by atoms with Crippen LogP contribution in [0.4, 0.5) is 0 Å². The molecule has 2 aliphatic heterocycles. The summed E-state index contributed by atoms with van der Waals surface area (Å²) in [5, 5.41) is 9.17. The molecule has 156 valence electrons. The molecule has 2 unspecified atom stereocenters. The van der Waals surface area contributed by atoms with Crippen LogP contribution in [0.15, 0.2) is 53.0 Å². The van der Waals surface area contributed by atoms with Crippen molar-refractivity contribution in [1.29, 1.82) is 5.41 Å². The first-order valence-electron chi connectivity index (χ1n) is 11.2. The van der Waals surface area contributed by atoms with Gasteiger partial charge in [0.1, 0.15) is 11.5 Å². The van der Waals surface area contributed by atoms with Crippen molar-refractivity contribution >= 4 is 5.71 Å². The highest BCUT2D eigenvalue weighted by Crippen LogP contribution is 2.51. The Morgan fingerprint density at radius 2 is 1.76 bits per heavy atom. The van der Waals surface area contributed by atoms with E-state index in [9.17, 15) is 5.41 Å². The number of likely N-dealkylation sites (tertiary alicyclic amines) is 1. The summed E-state index contributed by atoms with van der Waals surface area (Å²) in [6.45, 7) is 14.2. The second-order valence-electron chi connectivity index (χ2n) is 9.89. The second-order valence-corrected chi connectivity index (χ2v) is 9.89. The van der Waals surface area contributed by atoms with Gasteiger partial charge in [-0.2, -0.15) is 0 Å². The lowest BCUT2D eigenvalue weighted by molar-refractivity contribution is 0.169. The van der Waals surface area contributed by atoms with Crippen molar-refractivity contribution in [3.05, 3.63) is 58.6 Å². The van der Waals surface area contributed by atoms with Gasteiger partial charge >= 0.3 is 0 Å². The minimum absolute atomic E-state index is 0.0883. The van der Waals surface area contributed by atoms with Crippen LogP contribution in [-0.2, 0) is 4.74 Å². The van der Waals surface area contributed by atoms with E-state index >= 15 is 0 Å². The molecule has 3 aliphatic rings. The number of nitrogens with zero attached hydrogens (tertiary/aromatic N) is 1. The van der Waals surface area contributed by atoms with Crippen molar-refractivity contribution < 1.29 is 4.74 Å². The molecule has 0 spiro atoms. The van der Waals surface area contributed by atoms with E-state index in [4.69, 9.17) is 4.74 Å². The first-order chi connectivity index (χ1) is 13.8. The molecule has 1 saturated heterocycles. The molecule has 0 radical (unpaired) electrons. The van der Waals surface area contributed by atoms with E-state index in [1.54, 1.807) is 0 Å². The number of rotatable bonds is 4. The normalized spacial score (nSPS) is 28.9. The zero-order valence-corrected chi connectivity index (χ0v) is 18.7. The fraction of sp³-hybridized carbons (Fsp3) is 0.577. The van der Waals surface area contributed by atoms with E-state index in [2.05, 4.69) is 69.9 Å². The minimum atomic E-state index is -0.0883. The lowest BCUT2D eigenvalue weighted by atomic mass is 9.79. The van der Waals surface area contributed by atoms with Crippen LogP contribution in [0.3, 0.4) is 0 Å². The van der Waals surface area contributed by atoms with Crippen molar-refractivity contribution in [2.45, 2.75) is 59.8 Å². The fourth-order valence-corrected chi connectivity index (χ4v) is 5.89. The van der Waals surface area contributed by atoms with Gasteiger partial charge in [0.05, 0.1) is 0 Å². The number of allylic oxidation sites excluding steroid dienone is 4. The predicted octanol–water partition coefficient (Wildman–Crippen LogP) is 6.15. The van der Waals surface area contributed by atoms with Crippen LogP contribution in [0.2, 0.25) is 0 Å².